The molecule has 2 amide bonds. The van der Waals surface area contributed by atoms with Crippen molar-refractivity contribution in [1.82, 2.24) is 10.6 Å². The normalized spacial score (nSPS) is 12.5. The lowest BCUT2D eigenvalue weighted by molar-refractivity contribution is 0.244. The number of allylic oxidation sites excluding steroid dienone is 1. The van der Waals surface area contributed by atoms with E-state index in [2.05, 4.69) is 31.4 Å². The Labute approximate surface area is 97.3 Å². The molecule has 0 rings (SSSR count). The first-order valence-corrected chi connectivity index (χ1v) is 5.69. The number of nitrogens with one attached hydrogen (secondary N) is 2. The fraction of sp³-hybridized carbons (Fsp3) is 0.727. The molecule has 0 aromatic rings. The van der Waals surface area contributed by atoms with Gasteiger partial charge in [-0.3, -0.25) is 0 Å². The van der Waals surface area contributed by atoms with Gasteiger partial charge in [-0.25, -0.2) is 4.79 Å². The second-order valence-electron chi connectivity index (χ2n) is 4.52. The number of alkyl halides is 1. The molecule has 0 fully saturated rings. The van der Waals surface area contributed by atoms with Gasteiger partial charge in [-0.15, -0.1) is 11.6 Å². The summed E-state index contributed by atoms with van der Waals surface area (Å²) in [5.74, 6) is 0.567. The van der Waals surface area contributed by atoms with E-state index in [1.165, 1.54) is 0 Å². The third kappa shape index (κ3) is 7.25. The molecule has 0 bridgehead atoms. The van der Waals surface area contributed by atoms with Gasteiger partial charge in [-0.1, -0.05) is 26.3 Å². The Kier molecular flexibility index (Phi) is 6.41. The summed E-state index contributed by atoms with van der Waals surface area (Å²) in [4.78, 5) is 11.2. The number of hydrogen-bond acceptors (Lipinski definition) is 1. The number of carbonyl (C=O) groups excluding carboxylic acids is 1. The van der Waals surface area contributed by atoms with Gasteiger partial charge in [0, 0.05) is 18.6 Å². The van der Waals surface area contributed by atoms with Gasteiger partial charge >= 0.3 is 6.03 Å². The van der Waals surface area contributed by atoms with Gasteiger partial charge in [0.15, 0.2) is 0 Å². The number of hydrogen-bond donors (Lipinski definition) is 2. The molecule has 0 aliphatic rings. The van der Waals surface area contributed by atoms with E-state index in [9.17, 15) is 4.79 Å². The van der Waals surface area contributed by atoms with Gasteiger partial charge in [-0.05, 0) is 18.8 Å². The Balaban J connectivity index is 3.89. The fourth-order valence-electron chi connectivity index (χ4n) is 0.710. The second-order valence-corrected chi connectivity index (χ2v) is 4.90. The lowest BCUT2D eigenvalue weighted by Gasteiger charge is -2.19. The minimum absolute atomic E-state index is 0.0867. The zero-order chi connectivity index (χ0) is 11.9. The van der Waals surface area contributed by atoms with Gasteiger partial charge in [0.05, 0.1) is 0 Å². The number of amides is 2. The predicted octanol–water partition coefficient (Wildman–Crippen LogP) is 2.86. The lowest BCUT2D eigenvalue weighted by atomic mass is 9.88. The molecule has 2 N–H and O–H groups in total. The van der Waals surface area contributed by atoms with Crippen LogP contribution in [0.25, 0.3) is 0 Å². The molecule has 3 nitrogen and oxygen atoms in total. The maximum absolute atomic E-state index is 11.2. The maximum Gasteiger partial charge on any atom is 0.318 e. The van der Waals surface area contributed by atoms with E-state index in [1.54, 1.807) is 6.20 Å². The first-order valence-electron chi connectivity index (χ1n) is 5.15. The molecular formula is C11H21ClN2O. The maximum atomic E-state index is 11.2. The molecule has 0 saturated carbocycles. The van der Waals surface area contributed by atoms with Crippen LogP contribution in [0.15, 0.2) is 11.8 Å². The first-order chi connectivity index (χ1) is 6.88. The molecule has 0 saturated heterocycles. The Bertz CT molecular complexity index is 231. The number of rotatable bonds is 4. The van der Waals surface area contributed by atoms with Crippen LogP contribution >= 0.6 is 11.6 Å². The summed E-state index contributed by atoms with van der Waals surface area (Å²) in [5, 5.41) is 5.40. The molecule has 15 heavy (non-hydrogen) atoms. The van der Waals surface area contributed by atoms with Crippen LogP contribution in [-0.4, -0.2) is 18.5 Å². The largest absolute Gasteiger partial charge is 0.338 e. The van der Waals surface area contributed by atoms with Crippen molar-refractivity contribution in [2.24, 2.45) is 5.41 Å². The first kappa shape index (κ1) is 14.3. The monoisotopic (exact) mass is 232 g/mol. The fourth-order valence-corrected chi connectivity index (χ4v) is 0.844. The van der Waals surface area contributed by atoms with Gasteiger partial charge in [0.25, 0.3) is 0 Å². The van der Waals surface area contributed by atoms with E-state index in [1.807, 2.05) is 6.92 Å². The molecule has 0 atom stereocenters. The van der Waals surface area contributed by atoms with Crippen molar-refractivity contribution in [3.8, 4) is 0 Å². The van der Waals surface area contributed by atoms with Crippen LogP contribution in [0.2, 0.25) is 0 Å². The minimum atomic E-state index is -0.177. The summed E-state index contributed by atoms with van der Waals surface area (Å²) in [6, 6.07) is -0.177. The zero-order valence-electron chi connectivity index (χ0n) is 9.98. The zero-order valence-corrected chi connectivity index (χ0v) is 10.7. The van der Waals surface area contributed by atoms with Crippen LogP contribution in [0.5, 0.6) is 0 Å². The van der Waals surface area contributed by atoms with Crippen LogP contribution in [0.1, 0.15) is 34.1 Å². The summed E-state index contributed by atoms with van der Waals surface area (Å²) < 4.78 is 0. The van der Waals surface area contributed by atoms with E-state index in [4.69, 9.17) is 11.6 Å². The average molecular weight is 233 g/mol. The third-order valence-corrected chi connectivity index (χ3v) is 2.47. The van der Waals surface area contributed by atoms with E-state index in [0.29, 0.717) is 12.4 Å². The van der Waals surface area contributed by atoms with E-state index < -0.39 is 0 Å². The van der Waals surface area contributed by atoms with Crippen LogP contribution in [0, 0.1) is 5.41 Å². The third-order valence-electron chi connectivity index (χ3n) is 2.20. The molecular weight excluding hydrogens is 212 g/mol. The summed E-state index contributed by atoms with van der Waals surface area (Å²) in [5.41, 5.74) is 1.22. The van der Waals surface area contributed by atoms with Crippen molar-refractivity contribution >= 4 is 17.6 Å². The van der Waals surface area contributed by atoms with E-state index in [-0.39, 0.29) is 11.4 Å². The molecule has 0 aliphatic carbocycles. The van der Waals surface area contributed by atoms with Crippen LogP contribution in [-0.2, 0) is 0 Å². The Morgan fingerprint density at radius 1 is 1.40 bits per heavy atom. The van der Waals surface area contributed by atoms with E-state index in [0.717, 1.165) is 12.0 Å². The Morgan fingerprint density at radius 3 is 2.47 bits per heavy atom. The molecule has 0 aromatic carbocycles. The number of halogens is 1. The van der Waals surface area contributed by atoms with Crippen molar-refractivity contribution in [3.63, 3.8) is 0 Å². The standard InChI is InChI=1S/C11H21ClN2O/c1-9(11(2,3)4)8-14-10(15)13-7-5-6-12/h8H,5-7H2,1-4H3,(H2,13,14,15)/b9-8+. The quantitative estimate of drug-likeness (QED) is 0.568. The molecule has 0 unspecified atom stereocenters. The van der Waals surface area contributed by atoms with E-state index >= 15 is 0 Å². The molecule has 0 spiro atoms. The number of urea groups is 1. The van der Waals surface area contributed by atoms with Crippen LogP contribution < -0.4 is 10.6 Å². The molecule has 4 heteroatoms. The molecule has 0 heterocycles. The summed E-state index contributed by atoms with van der Waals surface area (Å²) in [6.07, 6.45) is 2.53. The average Bonchev–Trinajstić information content (AvgIpc) is 2.13. The Morgan fingerprint density at radius 2 is 2.00 bits per heavy atom. The van der Waals surface area contributed by atoms with Crippen LogP contribution in [0.4, 0.5) is 4.79 Å². The summed E-state index contributed by atoms with van der Waals surface area (Å²) >= 11 is 5.49. The Hall–Kier alpha value is -0.700. The van der Waals surface area contributed by atoms with Crippen molar-refractivity contribution in [3.05, 3.63) is 11.8 Å². The topological polar surface area (TPSA) is 41.1 Å². The highest BCUT2D eigenvalue weighted by Gasteiger charge is 2.12. The van der Waals surface area contributed by atoms with Gasteiger partial charge < -0.3 is 10.6 Å². The van der Waals surface area contributed by atoms with Gasteiger partial charge in [-0.2, -0.15) is 0 Å². The highest BCUT2D eigenvalue weighted by Crippen LogP contribution is 2.23. The van der Waals surface area contributed by atoms with Gasteiger partial charge in [0.2, 0.25) is 0 Å². The second kappa shape index (κ2) is 6.72. The highest BCUT2D eigenvalue weighted by molar-refractivity contribution is 6.17. The summed E-state index contributed by atoms with van der Waals surface area (Å²) in [7, 11) is 0. The van der Waals surface area contributed by atoms with Crippen molar-refractivity contribution in [1.29, 1.82) is 0 Å². The minimum Gasteiger partial charge on any atom is -0.338 e. The molecule has 0 radical (unpaired) electrons. The molecule has 0 aromatic heterocycles. The predicted molar refractivity (Wildman–Crippen MR) is 65.1 cm³/mol. The van der Waals surface area contributed by atoms with Crippen molar-refractivity contribution in [2.45, 2.75) is 34.1 Å². The van der Waals surface area contributed by atoms with Crippen molar-refractivity contribution < 1.29 is 4.79 Å². The molecule has 0 aliphatic heterocycles. The smallest absolute Gasteiger partial charge is 0.318 e. The van der Waals surface area contributed by atoms with Crippen molar-refractivity contribution in [2.75, 3.05) is 12.4 Å². The van der Waals surface area contributed by atoms with Gasteiger partial charge in [0.1, 0.15) is 0 Å². The lowest BCUT2D eigenvalue weighted by Crippen LogP contribution is -2.33. The number of carbonyl (C=O) groups is 1. The molecule has 88 valence electrons. The van der Waals surface area contributed by atoms with Crippen LogP contribution in [0.3, 0.4) is 0 Å². The highest BCUT2D eigenvalue weighted by atomic mass is 35.5. The summed E-state index contributed by atoms with van der Waals surface area (Å²) in [6.45, 7) is 8.92. The SMILES string of the molecule is C/C(=C\NC(=O)NCCCCl)C(C)(C)C.